The summed E-state index contributed by atoms with van der Waals surface area (Å²) in [7, 11) is 0. The first kappa shape index (κ1) is 46.4. The molecule has 0 radical (unpaired) electrons. The third-order valence-electron chi connectivity index (χ3n) is 13.1. The quantitative estimate of drug-likeness (QED) is 0.0477. The minimum absolute atomic E-state index is 0.0458. The van der Waals surface area contributed by atoms with Crippen LogP contribution in [0.25, 0.3) is 0 Å². The Kier molecular flexibility index (Phi) is 16.4. The predicted molar refractivity (Wildman–Crippen MR) is 206 cm³/mol. The molecule has 6 fully saturated rings. The van der Waals surface area contributed by atoms with Crippen LogP contribution in [-0.4, -0.2) is 169 Å². The second-order valence-corrected chi connectivity index (χ2v) is 17.6. The summed E-state index contributed by atoms with van der Waals surface area (Å²) < 4.78 is 42.7. The molecule has 3 saturated carbocycles. The lowest BCUT2D eigenvalue weighted by molar-refractivity contribution is -0.340. The molecule has 3 saturated heterocycles. The molecular weight excluding hydrogens is 776 g/mol. The third-order valence-corrected chi connectivity index (χ3v) is 13.1. The van der Waals surface area contributed by atoms with Crippen molar-refractivity contribution in [3.63, 3.8) is 0 Å². The van der Waals surface area contributed by atoms with Crippen molar-refractivity contribution in [3.05, 3.63) is 37.1 Å². The van der Waals surface area contributed by atoms with Crippen LogP contribution in [0.5, 0.6) is 0 Å². The molecule has 3 aliphatic carbocycles. The fourth-order valence-electron chi connectivity index (χ4n) is 9.69. The van der Waals surface area contributed by atoms with E-state index in [0.29, 0.717) is 31.4 Å². The molecular formula is C42H66O17. The Labute approximate surface area is 345 Å². The number of hydrogen-bond acceptors (Lipinski definition) is 17. The highest BCUT2D eigenvalue weighted by atomic mass is 16.7. The van der Waals surface area contributed by atoms with Gasteiger partial charge in [-0.2, -0.15) is 0 Å². The van der Waals surface area contributed by atoms with E-state index in [-0.39, 0.29) is 62.6 Å². The van der Waals surface area contributed by atoms with Gasteiger partial charge in [0.1, 0.15) is 43.7 Å². The van der Waals surface area contributed by atoms with Crippen molar-refractivity contribution in [1.82, 2.24) is 0 Å². The smallest absolute Gasteiger partial charge is 0.330 e. The van der Waals surface area contributed by atoms with Gasteiger partial charge in [-0.25, -0.2) is 4.79 Å². The van der Waals surface area contributed by atoms with Gasteiger partial charge in [0.2, 0.25) is 0 Å². The van der Waals surface area contributed by atoms with Gasteiger partial charge in [-0.3, -0.25) is 0 Å². The van der Waals surface area contributed by atoms with Gasteiger partial charge >= 0.3 is 5.97 Å². The van der Waals surface area contributed by atoms with Crippen LogP contribution in [0.4, 0.5) is 0 Å². The van der Waals surface area contributed by atoms with Crippen molar-refractivity contribution in [2.45, 2.75) is 182 Å². The maximum absolute atomic E-state index is 12.6. The Bertz CT molecular complexity index is 1390. The number of fused-ring (bicyclic) bond motifs is 1. The van der Waals surface area contributed by atoms with E-state index in [1.54, 1.807) is 12.2 Å². The molecule has 0 bridgehead atoms. The van der Waals surface area contributed by atoms with E-state index in [9.17, 15) is 50.8 Å². The summed E-state index contributed by atoms with van der Waals surface area (Å²) in [6, 6.07) is 0. The van der Waals surface area contributed by atoms with E-state index in [0.717, 1.165) is 12.8 Å². The maximum atomic E-state index is 12.6. The molecule has 0 aromatic rings. The fourth-order valence-corrected chi connectivity index (χ4v) is 9.69. The highest BCUT2D eigenvalue weighted by Crippen LogP contribution is 2.45. The Morgan fingerprint density at radius 2 is 1.39 bits per heavy atom. The van der Waals surface area contributed by atoms with Gasteiger partial charge in [0, 0.05) is 31.3 Å². The van der Waals surface area contributed by atoms with Crippen molar-refractivity contribution in [2.24, 2.45) is 23.7 Å². The van der Waals surface area contributed by atoms with Gasteiger partial charge in [-0.05, 0) is 69.1 Å². The molecule has 0 aromatic carbocycles. The number of esters is 1. The van der Waals surface area contributed by atoms with Crippen LogP contribution in [0.1, 0.15) is 77.6 Å². The first-order chi connectivity index (χ1) is 28.1. The number of allylic oxidation sites excluding steroid dienone is 2. The first-order valence-corrected chi connectivity index (χ1v) is 21.3. The molecule has 59 heavy (non-hydrogen) atoms. The normalized spacial score (nSPS) is 46.9. The lowest BCUT2D eigenvalue weighted by atomic mass is 9.70. The molecule has 19 atom stereocenters. The molecule has 3 heterocycles. The molecule has 3 aliphatic heterocycles. The summed E-state index contributed by atoms with van der Waals surface area (Å²) in [5, 5.41) is 96.9. The van der Waals surface area contributed by atoms with Crippen LogP contribution >= 0.6 is 0 Å². The zero-order valence-electron chi connectivity index (χ0n) is 33.8. The maximum Gasteiger partial charge on any atom is 0.330 e. The largest absolute Gasteiger partial charge is 0.496 e. The highest BCUT2D eigenvalue weighted by Gasteiger charge is 2.54. The molecule has 17 nitrogen and oxygen atoms in total. The number of aliphatic hydroxyl groups is 9. The van der Waals surface area contributed by atoms with E-state index in [1.807, 2.05) is 6.92 Å². The summed E-state index contributed by atoms with van der Waals surface area (Å²) in [4.78, 5) is 12.6. The number of hydrogen-bond donors (Lipinski definition) is 9. The number of aliphatic hydroxyl groups excluding tert-OH is 9. The number of carbonyl (C=O) groups excluding carboxylic acids is 1. The summed E-state index contributed by atoms with van der Waals surface area (Å²) in [6.45, 7) is 8.90. The Morgan fingerprint density at radius 3 is 2.10 bits per heavy atom. The average molecular weight is 843 g/mol. The van der Waals surface area contributed by atoms with Crippen LogP contribution in [0.3, 0.4) is 0 Å². The van der Waals surface area contributed by atoms with Crippen molar-refractivity contribution in [2.75, 3.05) is 13.2 Å². The van der Waals surface area contributed by atoms with E-state index >= 15 is 0 Å². The minimum Gasteiger partial charge on any atom is -0.496 e. The van der Waals surface area contributed by atoms with Gasteiger partial charge in [-0.15, -0.1) is 6.58 Å². The van der Waals surface area contributed by atoms with Crippen LogP contribution in [0.15, 0.2) is 37.1 Å². The molecule has 17 heteroatoms. The molecule has 6 aliphatic rings. The summed E-state index contributed by atoms with van der Waals surface area (Å²) >= 11 is 0. The SMILES string of the molecule is C=CCC(=C)OCC1CC(O)C(O)C(OC2CC(O)CC3OC(C4CC(C)C(O)C(O)C4)C(OC4OC(COC(=O)C=CC5CCC(O)CC5)C(O)C(O)C4O)CC23)O1. The van der Waals surface area contributed by atoms with Crippen molar-refractivity contribution in [1.29, 1.82) is 0 Å². The molecule has 0 aromatic heterocycles. The Hall–Kier alpha value is -2.07. The van der Waals surface area contributed by atoms with E-state index in [2.05, 4.69) is 13.2 Å². The first-order valence-electron chi connectivity index (χ1n) is 21.3. The van der Waals surface area contributed by atoms with Gasteiger partial charge in [0.05, 0.1) is 66.8 Å². The fraction of sp³-hybridized carbons (Fsp3) is 0.833. The topological polar surface area (TPSA) is 264 Å². The summed E-state index contributed by atoms with van der Waals surface area (Å²) in [5.41, 5.74) is 0. The van der Waals surface area contributed by atoms with Crippen molar-refractivity contribution < 1.29 is 83.9 Å². The lowest BCUT2D eigenvalue weighted by Gasteiger charge is -2.52. The molecule has 0 spiro atoms. The van der Waals surface area contributed by atoms with Gasteiger partial charge in [-0.1, -0.05) is 25.7 Å². The van der Waals surface area contributed by atoms with Gasteiger partial charge < -0.3 is 79.1 Å². The number of ether oxygens (including phenoxy) is 7. The molecule has 0 amide bonds. The van der Waals surface area contributed by atoms with Crippen LogP contribution in [0.2, 0.25) is 0 Å². The summed E-state index contributed by atoms with van der Waals surface area (Å²) in [6.07, 6.45) is -9.58. The second-order valence-electron chi connectivity index (χ2n) is 17.6. The van der Waals surface area contributed by atoms with E-state index in [4.69, 9.17) is 33.2 Å². The highest BCUT2D eigenvalue weighted by molar-refractivity contribution is 5.81. The standard InChI is InChI=1S/C42H66O17/c1-4-5-21(3)53-18-26-16-29(46)36(49)41(55-26)57-31-15-25(44)14-30-27(31)17-32(40(56-30)23-12-20(2)35(48)28(45)13-23)58-42-39(52)38(51)37(50)33(59-42)19-54-34(47)11-8-22-6-9-24(43)10-7-22/h4,8,11,20,22-33,35-46,48-52H,1,3,5-7,9-10,12-19H2,2H3. The minimum atomic E-state index is -1.74. The van der Waals surface area contributed by atoms with Crippen LogP contribution in [0, 0.1) is 23.7 Å². The zero-order valence-corrected chi connectivity index (χ0v) is 33.8. The molecule has 6 rings (SSSR count). The second kappa shape index (κ2) is 20.9. The zero-order chi connectivity index (χ0) is 42.5. The molecule has 9 N–H and O–H groups in total. The molecule has 336 valence electrons. The van der Waals surface area contributed by atoms with Crippen LogP contribution in [-0.2, 0) is 38.0 Å². The van der Waals surface area contributed by atoms with Crippen molar-refractivity contribution >= 4 is 5.97 Å². The summed E-state index contributed by atoms with van der Waals surface area (Å²) in [5.74, 6) is -1.25. The van der Waals surface area contributed by atoms with Gasteiger partial charge in [0.15, 0.2) is 12.6 Å². The Morgan fingerprint density at radius 1 is 0.695 bits per heavy atom. The van der Waals surface area contributed by atoms with Crippen LogP contribution < -0.4 is 0 Å². The molecule has 19 unspecified atom stereocenters. The monoisotopic (exact) mass is 842 g/mol. The third kappa shape index (κ3) is 11.7. The number of rotatable bonds is 14. The average Bonchev–Trinajstić information content (AvgIpc) is 3.20. The van der Waals surface area contributed by atoms with Crippen molar-refractivity contribution in [3.8, 4) is 0 Å². The number of carbonyl (C=O) groups is 1. The van der Waals surface area contributed by atoms with Gasteiger partial charge in [0.25, 0.3) is 0 Å². The predicted octanol–water partition coefficient (Wildman–Crippen LogP) is -0.146. The lowest BCUT2D eigenvalue weighted by Crippen LogP contribution is -2.63. The Balaban J connectivity index is 1.17. The van der Waals surface area contributed by atoms with E-state index < -0.39 is 117 Å². The van der Waals surface area contributed by atoms with E-state index in [1.165, 1.54) is 6.08 Å².